The van der Waals surface area contributed by atoms with Gasteiger partial charge in [0.15, 0.2) is 5.96 Å². The maximum absolute atomic E-state index is 5.32. The molecule has 0 fully saturated rings. The molecule has 134 valence electrons. The van der Waals surface area contributed by atoms with Gasteiger partial charge >= 0.3 is 0 Å². The zero-order valence-corrected chi connectivity index (χ0v) is 16.6. The Balaban J connectivity index is 0.00000288. The van der Waals surface area contributed by atoms with Gasteiger partial charge in [0.05, 0.1) is 25.1 Å². The van der Waals surface area contributed by atoms with E-state index in [2.05, 4.69) is 20.8 Å². The van der Waals surface area contributed by atoms with Crippen molar-refractivity contribution in [3.8, 4) is 0 Å². The second kappa shape index (κ2) is 11.1. The van der Waals surface area contributed by atoms with Crippen molar-refractivity contribution >= 4 is 29.9 Å². The molecule has 2 N–H and O–H groups in total. The molecule has 0 saturated heterocycles. The van der Waals surface area contributed by atoms with E-state index >= 15 is 0 Å². The third kappa shape index (κ3) is 6.52. The van der Waals surface area contributed by atoms with Gasteiger partial charge in [0.1, 0.15) is 11.5 Å². The van der Waals surface area contributed by atoms with Gasteiger partial charge in [-0.1, -0.05) is 5.16 Å². The fourth-order valence-corrected chi connectivity index (χ4v) is 2.09. The monoisotopic (exact) mass is 448 g/mol. The van der Waals surface area contributed by atoms with Crippen LogP contribution in [0.2, 0.25) is 0 Å². The first kappa shape index (κ1) is 20.5. The van der Waals surface area contributed by atoms with Crippen molar-refractivity contribution < 1.29 is 13.7 Å². The Hall–Kier alpha value is -1.55. The topological polar surface area (TPSA) is 84.8 Å². The number of aliphatic imine (C=N–C) groups is 1. The van der Waals surface area contributed by atoms with Gasteiger partial charge in [0, 0.05) is 32.2 Å². The highest BCUT2D eigenvalue weighted by Gasteiger charge is 2.08. The van der Waals surface area contributed by atoms with E-state index < -0.39 is 0 Å². The van der Waals surface area contributed by atoms with Gasteiger partial charge in [-0.25, -0.2) is 4.99 Å². The molecule has 2 aromatic rings. The van der Waals surface area contributed by atoms with Crippen molar-refractivity contribution in [3.63, 3.8) is 0 Å². The Morgan fingerprint density at radius 1 is 1.29 bits per heavy atom. The number of aromatic nitrogens is 1. The molecular weight excluding hydrogens is 423 g/mol. The maximum atomic E-state index is 5.32. The van der Waals surface area contributed by atoms with Crippen LogP contribution < -0.4 is 10.6 Å². The van der Waals surface area contributed by atoms with E-state index in [4.69, 9.17) is 13.7 Å². The smallest absolute Gasteiger partial charge is 0.191 e. The van der Waals surface area contributed by atoms with E-state index in [9.17, 15) is 0 Å². The highest BCUT2D eigenvalue weighted by molar-refractivity contribution is 14.0. The molecule has 8 heteroatoms. The van der Waals surface area contributed by atoms with Crippen LogP contribution in [0.15, 0.2) is 32.3 Å². The van der Waals surface area contributed by atoms with Crippen LogP contribution in [0.5, 0.6) is 0 Å². The average Bonchev–Trinajstić information content (AvgIpc) is 3.16. The van der Waals surface area contributed by atoms with Gasteiger partial charge in [0.25, 0.3) is 0 Å². The van der Waals surface area contributed by atoms with E-state index in [1.165, 1.54) is 0 Å². The molecule has 0 aliphatic heterocycles. The van der Waals surface area contributed by atoms with Crippen molar-refractivity contribution in [1.29, 1.82) is 0 Å². The summed E-state index contributed by atoms with van der Waals surface area (Å²) in [6.07, 6.45) is 2.47. The number of aryl methyl sites for hydroxylation is 2. The van der Waals surface area contributed by atoms with Crippen LogP contribution in [-0.4, -0.2) is 37.9 Å². The fraction of sp³-hybridized carbons (Fsp3) is 0.500. The summed E-state index contributed by atoms with van der Waals surface area (Å²) in [5.74, 6) is 2.48. The average molecular weight is 448 g/mol. The number of methoxy groups -OCH3 is 1. The Morgan fingerprint density at radius 3 is 2.71 bits per heavy atom. The number of rotatable bonds is 8. The van der Waals surface area contributed by atoms with Crippen LogP contribution >= 0.6 is 24.0 Å². The van der Waals surface area contributed by atoms with Crippen LogP contribution in [0.25, 0.3) is 0 Å². The Kier molecular flexibility index (Phi) is 9.46. The molecule has 0 radical (unpaired) electrons. The molecule has 2 heterocycles. The highest BCUT2D eigenvalue weighted by atomic mass is 127. The van der Waals surface area contributed by atoms with Crippen molar-refractivity contribution in [2.45, 2.75) is 26.8 Å². The highest BCUT2D eigenvalue weighted by Crippen LogP contribution is 2.12. The van der Waals surface area contributed by atoms with E-state index in [1.807, 2.05) is 26.0 Å². The second-order valence-corrected chi connectivity index (χ2v) is 5.14. The lowest BCUT2D eigenvalue weighted by Crippen LogP contribution is -2.40. The molecule has 2 aromatic heterocycles. The zero-order chi connectivity index (χ0) is 16.5. The summed E-state index contributed by atoms with van der Waals surface area (Å²) in [4.78, 5) is 4.59. The van der Waals surface area contributed by atoms with Crippen molar-refractivity contribution in [3.05, 3.63) is 41.2 Å². The first-order valence-corrected chi connectivity index (χ1v) is 7.66. The lowest BCUT2D eigenvalue weighted by molar-refractivity contribution is 0.203. The first-order valence-electron chi connectivity index (χ1n) is 7.66. The molecule has 7 nitrogen and oxygen atoms in total. The molecule has 0 aliphatic carbocycles. The summed E-state index contributed by atoms with van der Waals surface area (Å²) in [6, 6.07) is 3.85. The van der Waals surface area contributed by atoms with Gasteiger partial charge in [-0.2, -0.15) is 0 Å². The third-order valence-electron chi connectivity index (χ3n) is 3.42. The number of hydrogen-bond acceptors (Lipinski definition) is 5. The third-order valence-corrected chi connectivity index (χ3v) is 3.42. The van der Waals surface area contributed by atoms with Gasteiger partial charge in [-0.3, -0.25) is 0 Å². The second-order valence-electron chi connectivity index (χ2n) is 5.14. The molecule has 0 aromatic carbocycles. The molecule has 0 unspecified atom stereocenters. The molecule has 0 amide bonds. The van der Waals surface area contributed by atoms with Crippen molar-refractivity contribution in [2.24, 2.45) is 4.99 Å². The quantitative estimate of drug-likeness (QED) is 0.279. The molecule has 0 atom stereocenters. The molecule has 0 aliphatic rings. The predicted molar refractivity (Wildman–Crippen MR) is 103 cm³/mol. The predicted octanol–water partition coefficient (Wildman–Crippen LogP) is 2.43. The summed E-state index contributed by atoms with van der Waals surface area (Å²) in [6.45, 7) is 6.37. The molecule has 2 rings (SSSR count). The number of hydrogen-bond donors (Lipinski definition) is 2. The van der Waals surface area contributed by atoms with Crippen LogP contribution in [0, 0.1) is 13.8 Å². The number of nitrogens with zero attached hydrogens (tertiary/aromatic N) is 2. The first-order chi connectivity index (χ1) is 11.2. The van der Waals surface area contributed by atoms with E-state index in [-0.39, 0.29) is 24.0 Å². The summed E-state index contributed by atoms with van der Waals surface area (Å²) in [5, 5.41) is 10.5. The van der Waals surface area contributed by atoms with Crippen LogP contribution in [-0.2, 0) is 17.7 Å². The minimum Gasteiger partial charge on any atom is -0.469 e. The Bertz CT molecular complexity index is 591. The number of furan rings is 1. The van der Waals surface area contributed by atoms with Crippen LogP contribution in [0.1, 0.15) is 22.8 Å². The minimum atomic E-state index is 0. The lowest BCUT2D eigenvalue weighted by Gasteiger charge is -2.12. The molecule has 24 heavy (non-hydrogen) atoms. The summed E-state index contributed by atoms with van der Waals surface area (Å²) >= 11 is 0. The molecule has 0 saturated carbocycles. The summed E-state index contributed by atoms with van der Waals surface area (Å²) in [5.41, 5.74) is 1.89. The van der Waals surface area contributed by atoms with Gasteiger partial charge in [-0.15, -0.1) is 24.0 Å². The normalized spacial score (nSPS) is 11.2. The minimum absolute atomic E-state index is 0. The number of nitrogens with one attached hydrogen (secondary N) is 2. The number of guanidine groups is 1. The van der Waals surface area contributed by atoms with Gasteiger partial charge < -0.3 is 24.3 Å². The van der Waals surface area contributed by atoms with Crippen molar-refractivity contribution in [2.75, 3.05) is 26.8 Å². The molecular formula is C16H25IN4O3. The number of ether oxygens (including phenoxy) is 1. The maximum Gasteiger partial charge on any atom is 0.191 e. The van der Waals surface area contributed by atoms with E-state index in [0.717, 1.165) is 41.7 Å². The number of halogens is 1. The summed E-state index contributed by atoms with van der Waals surface area (Å²) in [7, 11) is 1.67. The SMILES string of the molecule is COCCNC(=NCc1c(C)noc1C)NCCc1ccco1.I. The Labute approximate surface area is 159 Å². The van der Waals surface area contributed by atoms with Gasteiger partial charge in [-0.05, 0) is 26.0 Å². The largest absolute Gasteiger partial charge is 0.469 e. The summed E-state index contributed by atoms with van der Waals surface area (Å²) < 4.78 is 15.5. The molecule has 0 spiro atoms. The fourth-order valence-electron chi connectivity index (χ4n) is 2.09. The molecule has 0 bridgehead atoms. The van der Waals surface area contributed by atoms with E-state index in [1.54, 1.807) is 13.4 Å². The lowest BCUT2D eigenvalue weighted by atomic mass is 10.2. The standard InChI is InChI=1S/C16H24N4O3.HI/c1-12-15(13(2)23-20-12)11-19-16(18-8-10-21-3)17-7-6-14-5-4-9-22-14;/h4-5,9H,6-8,10-11H2,1-3H3,(H2,17,18,19);1H. The zero-order valence-electron chi connectivity index (χ0n) is 14.3. The van der Waals surface area contributed by atoms with Crippen LogP contribution in [0.4, 0.5) is 0 Å². The van der Waals surface area contributed by atoms with Crippen LogP contribution in [0.3, 0.4) is 0 Å². The van der Waals surface area contributed by atoms with Gasteiger partial charge in [0.2, 0.25) is 0 Å². The van der Waals surface area contributed by atoms with E-state index in [0.29, 0.717) is 19.7 Å². The van der Waals surface area contributed by atoms with Crippen molar-refractivity contribution in [1.82, 2.24) is 15.8 Å². The Morgan fingerprint density at radius 2 is 2.08 bits per heavy atom.